The van der Waals surface area contributed by atoms with E-state index < -0.39 is 6.35 Å². The van der Waals surface area contributed by atoms with Crippen molar-refractivity contribution in [2.45, 2.75) is 18.8 Å². The number of allylic oxidation sites excluding steroid dienone is 1. The summed E-state index contributed by atoms with van der Waals surface area (Å²) < 4.78 is 10.8. The molecule has 0 aromatic heterocycles. The van der Waals surface area contributed by atoms with Gasteiger partial charge in [-0.15, -0.1) is 0 Å². The molecule has 1 aromatic carbocycles. The molecule has 3 aliphatic rings. The van der Waals surface area contributed by atoms with Crippen molar-refractivity contribution in [1.29, 1.82) is 0 Å². The van der Waals surface area contributed by atoms with Crippen LogP contribution < -0.4 is 22.5 Å². The van der Waals surface area contributed by atoms with E-state index in [0.717, 1.165) is 43.1 Å². The Hall–Kier alpha value is -2.22. The van der Waals surface area contributed by atoms with Gasteiger partial charge in [-0.05, 0) is 22.8 Å². The maximum Gasteiger partial charge on any atom is 0.224 e. The zero-order chi connectivity index (χ0) is 16.7. The lowest BCUT2D eigenvalue weighted by molar-refractivity contribution is 0.0247. The van der Waals surface area contributed by atoms with Gasteiger partial charge >= 0.3 is 0 Å². The Morgan fingerprint density at radius 1 is 1.17 bits per heavy atom. The summed E-state index contributed by atoms with van der Waals surface area (Å²) in [6.45, 7) is 3.27. The number of anilines is 2. The van der Waals surface area contributed by atoms with Crippen molar-refractivity contribution >= 4 is 11.4 Å². The molecule has 7 N–H and O–H groups in total. The number of nitrogens with zero attached hydrogens (tertiary/aromatic N) is 1. The normalized spacial score (nSPS) is 26.9. The third-order valence-corrected chi connectivity index (χ3v) is 4.89. The summed E-state index contributed by atoms with van der Waals surface area (Å²) in [6, 6.07) is 4.13. The maximum atomic E-state index is 6.29. The first-order valence-corrected chi connectivity index (χ1v) is 8.21. The number of hydrogen-bond acceptors (Lipinski definition) is 7. The summed E-state index contributed by atoms with van der Waals surface area (Å²) in [5.74, 6) is 0. The molecule has 1 fully saturated rings. The third-order valence-electron chi connectivity index (χ3n) is 4.89. The molecule has 0 spiro atoms. The van der Waals surface area contributed by atoms with Crippen LogP contribution in [0.2, 0.25) is 0 Å². The van der Waals surface area contributed by atoms with Crippen molar-refractivity contribution in [3.05, 3.63) is 46.9 Å². The predicted molar refractivity (Wildman–Crippen MR) is 92.5 cm³/mol. The molecule has 4 rings (SSSR count). The zero-order valence-electron chi connectivity index (χ0n) is 13.5. The molecule has 1 aromatic rings. The zero-order valence-corrected chi connectivity index (χ0v) is 13.5. The lowest BCUT2D eigenvalue weighted by atomic mass is 9.84. The standard InChI is InChI=1S/C17H23N5O2/c18-13-2-1-11-12(16(13)19)7-10(14-9-24-17(20)21-14)8-15(11)22-3-5-23-6-4-22/h1-2,8-9,15,17,21H,3-7,18-20H2. The van der Waals surface area contributed by atoms with Crippen LogP contribution in [0.25, 0.3) is 0 Å². The molecule has 2 heterocycles. The van der Waals surface area contributed by atoms with E-state index in [1.807, 2.05) is 6.07 Å². The Morgan fingerprint density at radius 3 is 2.67 bits per heavy atom. The molecular formula is C17H23N5O2. The molecule has 0 saturated carbocycles. The molecular weight excluding hydrogens is 306 g/mol. The molecule has 7 heteroatoms. The molecule has 24 heavy (non-hydrogen) atoms. The number of nitrogens with two attached hydrogens (primary N) is 3. The predicted octanol–water partition coefficient (Wildman–Crippen LogP) is 0.410. The van der Waals surface area contributed by atoms with Gasteiger partial charge in [-0.2, -0.15) is 0 Å². The number of rotatable bonds is 2. The van der Waals surface area contributed by atoms with Gasteiger partial charge in [-0.25, -0.2) is 0 Å². The van der Waals surface area contributed by atoms with Crippen LogP contribution in [0.4, 0.5) is 11.4 Å². The topological polar surface area (TPSA) is 112 Å². The van der Waals surface area contributed by atoms with Crippen LogP contribution in [0.3, 0.4) is 0 Å². The van der Waals surface area contributed by atoms with Gasteiger partial charge in [-0.3, -0.25) is 10.6 Å². The fourth-order valence-electron chi connectivity index (χ4n) is 3.58. The highest BCUT2D eigenvalue weighted by Gasteiger charge is 2.30. The molecule has 0 bridgehead atoms. The van der Waals surface area contributed by atoms with Gasteiger partial charge in [-0.1, -0.05) is 12.1 Å². The molecule has 1 aliphatic carbocycles. The first-order chi connectivity index (χ1) is 11.6. The van der Waals surface area contributed by atoms with Crippen molar-refractivity contribution in [2.75, 3.05) is 37.8 Å². The summed E-state index contributed by atoms with van der Waals surface area (Å²) in [5.41, 5.74) is 23.7. The number of fused-ring (bicyclic) bond motifs is 1. The molecule has 0 amide bonds. The van der Waals surface area contributed by atoms with Gasteiger partial charge < -0.3 is 26.3 Å². The van der Waals surface area contributed by atoms with Crippen molar-refractivity contribution in [3.63, 3.8) is 0 Å². The quantitative estimate of drug-likeness (QED) is 0.581. The summed E-state index contributed by atoms with van der Waals surface area (Å²) in [4.78, 5) is 2.41. The van der Waals surface area contributed by atoms with Crippen molar-refractivity contribution in [1.82, 2.24) is 10.2 Å². The minimum atomic E-state index is -0.498. The van der Waals surface area contributed by atoms with Crippen molar-refractivity contribution < 1.29 is 9.47 Å². The van der Waals surface area contributed by atoms with Crippen LogP contribution in [0.5, 0.6) is 0 Å². The Labute approximate surface area is 141 Å². The Morgan fingerprint density at radius 2 is 1.96 bits per heavy atom. The minimum Gasteiger partial charge on any atom is -0.463 e. The second-order valence-corrected chi connectivity index (χ2v) is 6.33. The van der Waals surface area contributed by atoms with Crippen LogP contribution in [0, 0.1) is 0 Å². The smallest absolute Gasteiger partial charge is 0.224 e. The Bertz CT molecular complexity index is 709. The van der Waals surface area contributed by atoms with Crippen LogP contribution >= 0.6 is 0 Å². The van der Waals surface area contributed by atoms with E-state index in [1.165, 1.54) is 5.56 Å². The monoisotopic (exact) mass is 329 g/mol. The fraction of sp³-hybridized carbons (Fsp3) is 0.412. The maximum absolute atomic E-state index is 6.29. The Kier molecular flexibility index (Phi) is 3.84. The van der Waals surface area contributed by atoms with Gasteiger partial charge in [0, 0.05) is 19.5 Å². The number of benzene rings is 1. The van der Waals surface area contributed by atoms with E-state index in [1.54, 1.807) is 6.26 Å². The summed E-state index contributed by atoms with van der Waals surface area (Å²) >= 11 is 0. The lowest BCUT2D eigenvalue weighted by Gasteiger charge is -2.37. The number of morpholine rings is 1. The number of nitrogen functional groups attached to an aromatic ring is 2. The Balaban J connectivity index is 1.75. The summed E-state index contributed by atoms with van der Waals surface area (Å²) in [6.07, 6.45) is 4.16. The molecule has 7 nitrogen and oxygen atoms in total. The highest BCUT2D eigenvalue weighted by Crippen LogP contribution is 2.39. The van der Waals surface area contributed by atoms with Crippen LogP contribution in [0.15, 0.2) is 35.7 Å². The first kappa shape index (κ1) is 15.3. The van der Waals surface area contributed by atoms with Gasteiger partial charge in [0.1, 0.15) is 6.26 Å². The molecule has 1 saturated heterocycles. The minimum absolute atomic E-state index is 0.148. The highest BCUT2D eigenvalue weighted by molar-refractivity contribution is 5.72. The lowest BCUT2D eigenvalue weighted by Crippen LogP contribution is -2.40. The van der Waals surface area contributed by atoms with E-state index in [2.05, 4.69) is 22.4 Å². The van der Waals surface area contributed by atoms with E-state index in [-0.39, 0.29) is 6.04 Å². The largest absolute Gasteiger partial charge is 0.463 e. The van der Waals surface area contributed by atoms with Gasteiger partial charge in [0.15, 0.2) is 0 Å². The van der Waals surface area contributed by atoms with Gasteiger partial charge in [0.2, 0.25) is 6.35 Å². The SMILES string of the molecule is Nc1ccc2c(c1N)CC(C1=COC(N)N1)=CC2N1CCOCC1. The number of hydrogen-bond donors (Lipinski definition) is 4. The molecule has 2 aliphatic heterocycles. The number of ether oxygens (including phenoxy) is 2. The molecule has 2 atom stereocenters. The second-order valence-electron chi connectivity index (χ2n) is 6.33. The highest BCUT2D eigenvalue weighted by atomic mass is 16.5. The van der Waals surface area contributed by atoms with Crippen LogP contribution in [0.1, 0.15) is 17.2 Å². The average molecular weight is 329 g/mol. The van der Waals surface area contributed by atoms with Gasteiger partial charge in [0.25, 0.3) is 0 Å². The molecule has 2 unspecified atom stereocenters. The van der Waals surface area contributed by atoms with Crippen molar-refractivity contribution in [2.24, 2.45) is 5.73 Å². The average Bonchev–Trinajstić information content (AvgIpc) is 3.05. The van der Waals surface area contributed by atoms with E-state index in [0.29, 0.717) is 17.8 Å². The summed E-state index contributed by atoms with van der Waals surface area (Å²) in [5, 5.41) is 3.14. The second kappa shape index (κ2) is 6.01. The third kappa shape index (κ3) is 2.60. The van der Waals surface area contributed by atoms with E-state index >= 15 is 0 Å². The van der Waals surface area contributed by atoms with E-state index in [4.69, 9.17) is 26.7 Å². The van der Waals surface area contributed by atoms with Gasteiger partial charge in [0.05, 0.1) is 36.3 Å². The molecule has 128 valence electrons. The van der Waals surface area contributed by atoms with Crippen LogP contribution in [-0.2, 0) is 15.9 Å². The van der Waals surface area contributed by atoms with Crippen molar-refractivity contribution in [3.8, 4) is 0 Å². The first-order valence-electron chi connectivity index (χ1n) is 8.21. The molecule has 0 radical (unpaired) electrons. The summed E-state index contributed by atoms with van der Waals surface area (Å²) in [7, 11) is 0. The van der Waals surface area contributed by atoms with Crippen LogP contribution in [-0.4, -0.2) is 37.6 Å². The number of nitrogens with one attached hydrogen (secondary N) is 1. The van der Waals surface area contributed by atoms with E-state index in [9.17, 15) is 0 Å². The fourth-order valence-corrected chi connectivity index (χ4v) is 3.58.